The van der Waals surface area contributed by atoms with Crippen molar-refractivity contribution in [3.05, 3.63) is 68.9 Å². The minimum Gasteiger partial charge on any atom is -0.465 e. The molecule has 0 bridgehead atoms. The van der Waals surface area contributed by atoms with Crippen molar-refractivity contribution in [2.24, 2.45) is 0 Å². The smallest absolute Gasteiger partial charge is 0.465 e. The van der Waals surface area contributed by atoms with Gasteiger partial charge >= 0.3 is 12.3 Å². The maximum atomic E-state index is 12.7. The number of alkyl halides is 3. The van der Waals surface area contributed by atoms with Gasteiger partial charge in [0.25, 0.3) is 0 Å². The third kappa shape index (κ3) is 3.82. The van der Waals surface area contributed by atoms with Crippen molar-refractivity contribution in [2.45, 2.75) is 6.36 Å². The summed E-state index contributed by atoms with van der Waals surface area (Å²) >= 11 is 3.29. The number of rotatable bonds is 3. The van der Waals surface area contributed by atoms with Crippen LogP contribution in [0.2, 0.25) is 0 Å². The van der Waals surface area contributed by atoms with Crippen LogP contribution >= 0.6 is 15.9 Å². The van der Waals surface area contributed by atoms with Crippen LogP contribution in [-0.4, -0.2) is 24.0 Å². The number of hydrogen-bond donors (Lipinski definition) is 0. The molecule has 5 nitrogen and oxygen atoms in total. The molecule has 0 saturated carbocycles. The Labute approximate surface area is 159 Å². The number of esters is 1. The Morgan fingerprint density at radius 2 is 1.78 bits per heavy atom. The Kier molecular flexibility index (Phi) is 4.97. The lowest BCUT2D eigenvalue weighted by atomic mass is 10.1. The van der Waals surface area contributed by atoms with Gasteiger partial charge in [0.15, 0.2) is 0 Å². The normalized spacial score (nSPS) is 11.4. The number of aromatic nitrogens is 1. The van der Waals surface area contributed by atoms with E-state index in [0.717, 1.165) is 19.2 Å². The molecule has 0 fully saturated rings. The summed E-state index contributed by atoms with van der Waals surface area (Å²) in [6, 6.07) is 10.0. The van der Waals surface area contributed by atoms with Gasteiger partial charge in [-0.1, -0.05) is 6.07 Å². The summed E-state index contributed by atoms with van der Waals surface area (Å²) < 4.78 is 47.5. The second kappa shape index (κ2) is 7.07. The number of benzene rings is 2. The molecule has 0 atom stereocenters. The van der Waals surface area contributed by atoms with E-state index in [0.29, 0.717) is 15.7 Å². The highest BCUT2D eigenvalue weighted by atomic mass is 79.9. The summed E-state index contributed by atoms with van der Waals surface area (Å²) in [5, 5.41) is 0.246. The quantitative estimate of drug-likeness (QED) is 0.563. The molecule has 1 heterocycles. The summed E-state index contributed by atoms with van der Waals surface area (Å²) in [4.78, 5) is 24.6. The van der Waals surface area contributed by atoms with Gasteiger partial charge in [-0.15, -0.1) is 13.2 Å². The maximum Gasteiger partial charge on any atom is 0.573 e. The first-order valence-corrected chi connectivity index (χ1v) is 8.29. The third-order valence-corrected chi connectivity index (χ3v) is 4.40. The molecule has 0 saturated heterocycles. The molecule has 0 unspecified atom stereocenters. The van der Waals surface area contributed by atoms with Crippen molar-refractivity contribution >= 4 is 32.8 Å². The predicted octanol–water partition coefficient (Wildman–Crippen LogP) is 4.44. The van der Waals surface area contributed by atoms with Crippen LogP contribution in [0.1, 0.15) is 10.4 Å². The molecule has 27 heavy (non-hydrogen) atoms. The first-order valence-electron chi connectivity index (χ1n) is 7.49. The lowest BCUT2D eigenvalue weighted by Crippen LogP contribution is -2.20. The van der Waals surface area contributed by atoms with Crippen LogP contribution in [0.25, 0.3) is 16.6 Å². The van der Waals surface area contributed by atoms with Gasteiger partial charge in [-0.2, -0.15) is 0 Å². The fourth-order valence-electron chi connectivity index (χ4n) is 2.61. The Hall–Kier alpha value is -2.81. The summed E-state index contributed by atoms with van der Waals surface area (Å²) in [6.07, 6.45) is -3.50. The molecular weight excluding hydrogens is 431 g/mol. The maximum absolute atomic E-state index is 12.7. The first kappa shape index (κ1) is 19.0. The molecule has 0 amide bonds. The number of pyridine rings is 1. The summed E-state index contributed by atoms with van der Waals surface area (Å²) in [6.45, 7) is 0. The van der Waals surface area contributed by atoms with Crippen molar-refractivity contribution in [2.75, 3.05) is 7.11 Å². The highest BCUT2D eigenvalue weighted by Crippen LogP contribution is 2.27. The highest BCUT2D eigenvalue weighted by molar-refractivity contribution is 9.10. The van der Waals surface area contributed by atoms with Gasteiger partial charge in [0.2, 0.25) is 5.43 Å². The number of carbonyl (C=O) groups is 1. The molecule has 0 spiro atoms. The lowest BCUT2D eigenvalue weighted by molar-refractivity contribution is -0.274. The highest BCUT2D eigenvalue weighted by Gasteiger charge is 2.31. The minimum absolute atomic E-state index is 0.201. The average molecular weight is 442 g/mol. The Bertz CT molecular complexity index is 1070. The van der Waals surface area contributed by atoms with Crippen molar-refractivity contribution < 1.29 is 27.4 Å². The van der Waals surface area contributed by atoms with E-state index in [9.17, 15) is 22.8 Å². The van der Waals surface area contributed by atoms with Gasteiger partial charge in [0, 0.05) is 16.4 Å². The second-order valence-corrected chi connectivity index (χ2v) is 6.26. The molecule has 0 aliphatic carbocycles. The molecule has 9 heteroatoms. The van der Waals surface area contributed by atoms with Gasteiger partial charge < -0.3 is 14.0 Å². The van der Waals surface area contributed by atoms with E-state index in [4.69, 9.17) is 0 Å². The molecule has 0 N–H and O–H groups in total. The monoisotopic (exact) mass is 441 g/mol. The topological polar surface area (TPSA) is 57.5 Å². The van der Waals surface area contributed by atoms with E-state index in [1.54, 1.807) is 18.2 Å². The summed E-state index contributed by atoms with van der Waals surface area (Å²) in [5.41, 5.74) is 0.175. The molecular formula is C18H11BrF3NO4. The van der Waals surface area contributed by atoms with Crippen LogP contribution < -0.4 is 10.2 Å². The number of halogens is 4. The van der Waals surface area contributed by atoms with Crippen molar-refractivity contribution in [3.8, 4) is 11.4 Å². The van der Waals surface area contributed by atoms with Crippen LogP contribution in [0.15, 0.2) is 57.9 Å². The number of hydrogen-bond acceptors (Lipinski definition) is 4. The summed E-state index contributed by atoms with van der Waals surface area (Å²) in [7, 11) is 1.15. The minimum atomic E-state index is -4.80. The van der Waals surface area contributed by atoms with Crippen molar-refractivity contribution in [1.82, 2.24) is 4.57 Å². The van der Waals surface area contributed by atoms with E-state index in [1.807, 2.05) is 0 Å². The van der Waals surface area contributed by atoms with E-state index in [2.05, 4.69) is 25.4 Å². The molecule has 0 aliphatic heterocycles. The number of ether oxygens (including phenoxy) is 2. The molecule has 0 aliphatic rings. The number of fused-ring (bicyclic) bond motifs is 1. The van der Waals surface area contributed by atoms with E-state index in [-0.39, 0.29) is 16.7 Å². The largest absolute Gasteiger partial charge is 0.573 e. The van der Waals surface area contributed by atoms with E-state index < -0.39 is 17.8 Å². The Morgan fingerprint density at radius 1 is 1.11 bits per heavy atom. The fraction of sp³-hybridized carbons (Fsp3) is 0.111. The molecule has 1 aromatic heterocycles. The Morgan fingerprint density at radius 3 is 2.37 bits per heavy atom. The predicted molar refractivity (Wildman–Crippen MR) is 95.3 cm³/mol. The fourth-order valence-corrected chi connectivity index (χ4v) is 3.14. The average Bonchev–Trinajstić information content (AvgIpc) is 2.61. The zero-order valence-corrected chi connectivity index (χ0v) is 15.3. The van der Waals surface area contributed by atoms with E-state index >= 15 is 0 Å². The molecule has 140 valence electrons. The summed E-state index contributed by atoms with van der Waals surface area (Å²) in [5.74, 6) is -1.20. The van der Waals surface area contributed by atoms with Crippen LogP contribution in [0, 0.1) is 0 Å². The van der Waals surface area contributed by atoms with Gasteiger partial charge in [0.1, 0.15) is 11.3 Å². The van der Waals surface area contributed by atoms with E-state index in [1.165, 1.54) is 22.9 Å². The molecule has 3 rings (SSSR count). The van der Waals surface area contributed by atoms with Crippen LogP contribution in [0.5, 0.6) is 5.75 Å². The lowest BCUT2D eigenvalue weighted by Gasteiger charge is -2.15. The van der Waals surface area contributed by atoms with Crippen molar-refractivity contribution in [1.29, 1.82) is 0 Å². The second-order valence-electron chi connectivity index (χ2n) is 5.41. The number of methoxy groups -OCH3 is 1. The zero-order valence-electron chi connectivity index (χ0n) is 13.7. The standard InChI is InChI=1S/C18H11BrF3NO4/c1-26-17(25)12-9-23(14-4-2-3-13(19)15(14)16(12)24)10-5-7-11(8-6-10)27-18(20,21)22/h2-9H,1H3. The van der Waals surface area contributed by atoms with Gasteiger partial charge in [-0.25, -0.2) is 4.79 Å². The first-order chi connectivity index (χ1) is 12.7. The zero-order chi connectivity index (χ0) is 19.8. The number of nitrogens with zero attached hydrogens (tertiary/aromatic N) is 1. The SMILES string of the molecule is COC(=O)c1cn(-c2ccc(OC(F)(F)F)cc2)c2cccc(Br)c2c1=O. The van der Waals surface area contributed by atoms with Gasteiger partial charge in [-0.05, 0) is 52.3 Å². The van der Waals surface area contributed by atoms with Crippen molar-refractivity contribution in [3.63, 3.8) is 0 Å². The third-order valence-electron chi connectivity index (χ3n) is 3.73. The molecule has 3 aromatic rings. The van der Waals surface area contributed by atoms with Crippen LogP contribution in [0.4, 0.5) is 13.2 Å². The Balaban J connectivity index is 2.22. The van der Waals surface area contributed by atoms with Crippen LogP contribution in [0.3, 0.4) is 0 Å². The molecule has 0 radical (unpaired) electrons. The number of carbonyl (C=O) groups excluding carboxylic acids is 1. The van der Waals surface area contributed by atoms with Crippen LogP contribution in [-0.2, 0) is 4.74 Å². The van der Waals surface area contributed by atoms with Gasteiger partial charge in [-0.3, -0.25) is 4.79 Å². The van der Waals surface area contributed by atoms with Gasteiger partial charge in [0.05, 0.1) is 18.0 Å². The molecule has 2 aromatic carbocycles.